The molecule has 0 saturated heterocycles. The van der Waals surface area contributed by atoms with Crippen molar-refractivity contribution in [1.29, 1.82) is 0 Å². The number of para-hydroxylation sites is 1. The summed E-state index contributed by atoms with van der Waals surface area (Å²) in [6, 6.07) is 21.3. The Labute approximate surface area is 121 Å². The molecule has 3 nitrogen and oxygen atoms in total. The topological polar surface area (TPSA) is 34.4 Å². The molecule has 0 saturated carbocycles. The van der Waals surface area contributed by atoms with Gasteiger partial charge in [-0.25, -0.2) is 4.52 Å². The fraction of sp³-hybridized carbons (Fsp3) is 0. The van der Waals surface area contributed by atoms with Crippen molar-refractivity contribution in [2.75, 3.05) is 0 Å². The minimum absolute atomic E-state index is 0.000816. The third kappa shape index (κ3) is 1.82. The van der Waals surface area contributed by atoms with E-state index in [4.69, 9.17) is 0 Å². The van der Waals surface area contributed by atoms with Crippen molar-refractivity contribution in [3.8, 4) is 0 Å². The van der Waals surface area contributed by atoms with E-state index in [-0.39, 0.29) is 5.78 Å². The summed E-state index contributed by atoms with van der Waals surface area (Å²) in [5, 5.41) is 5.49. The molecule has 0 bridgehead atoms. The molecule has 0 aliphatic rings. The van der Waals surface area contributed by atoms with Crippen LogP contribution in [0.4, 0.5) is 0 Å². The van der Waals surface area contributed by atoms with E-state index < -0.39 is 0 Å². The van der Waals surface area contributed by atoms with Gasteiger partial charge in [-0.1, -0.05) is 54.6 Å². The molecule has 0 aliphatic carbocycles. The van der Waals surface area contributed by atoms with Crippen molar-refractivity contribution >= 4 is 22.2 Å². The molecule has 0 aliphatic heterocycles. The van der Waals surface area contributed by atoms with Crippen LogP contribution in [0, 0.1) is 0 Å². The standard InChI is InChI=1S/C18H12N2O/c21-18(14-7-2-1-3-8-14)15-12-19-20-16-9-5-4-6-13(16)10-11-17(15)20/h1-12H. The van der Waals surface area contributed by atoms with Crippen LogP contribution in [0.3, 0.4) is 0 Å². The van der Waals surface area contributed by atoms with Crippen LogP contribution in [-0.4, -0.2) is 15.4 Å². The molecule has 100 valence electrons. The molecule has 0 N–H and O–H groups in total. The average Bonchev–Trinajstić information content (AvgIpc) is 2.99. The fourth-order valence-electron chi connectivity index (χ4n) is 2.62. The Morgan fingerprint density at radius 2 is 1.57 bits per heavy atom. The Bertz CT molecular complexity index is 955. The quantitative estimate of drug-likeness (QED) is 0.521. The van der Waals surface area contributed by atoms with Gasteiger partial charge in [-0.15, -0.1) is 0 Å². The lowest BCUT2D eigenvalue weighted by molar-refractivity contribution is 0.104. The SMILES string of the molecule is O=C(c1ccccc1)c1cnn2c1ccc1ccccc12. The normalized spacial score (nSPS) is 11.0. The monoisotopic (exact) mass is 272 g/mol. The predicted octanol–water partition coefficient (Wildman–Crippen LogP) is 3.72. The lowest BCUT2D eigenvalue weighted by Crippen LogP contribution is -2.00. The van der Waals surface area contributed by atoms with E-state index in [1.807, 2.05) is 71.2 Å². The molecule has 2 aromatic heterocycles. The molecule has 0 unspecified atom stereocenters. The van der Waals surface area contributed by atoms with Crippen LogP contribution in [0.1, 0.15) is 15.9 Å². The Morgan fingerprint density at radius 3 is 2.43 bits per heavy atom. The third-order valence-electron chi connectivity index (χ3n) is 3.67. The van der Waals surface area contributed by atoms with Crippen LogP contribution in [-0.2, 0) is 0 Å². The number of ketones is 1. The van der Waals surface area contributed by atoms with Gasteiger partial charge < -0.3 is 0 Å². The average molecular weight is 272 g/mol. The molecule has 0 atom stereocenters. The summed E-state index contributed by atoms with van der Waals surface area (Å²) >= 11 is 0. The van der Waals surface area contributed by atoms with Gasteiger partial charge in [0.1, 0.15) is 0 Å². The maximum Gasteiger partial charge on any atom is 0.196 e. The number of pyridine rings is 1. The Hall–Kier alpha value is -2.94. The molecular formula is C18H12N2O. The molecule has 0 radical (unpaired) electrons. The maximum atomic E-state index is 12.6. The van der Waals surface area contributed by atoms with Gasteiger partial charge in [0.2, 0.25) is 0 Å². The molecule has 21 heavy (non-hydrogen) atoms. The van der Waals surface area contributed by atoms with Crippen LogP contribution in [0.5, 0.6) is 0 Å². The van der Waals surface area contributed by atoms with E-state index in [1.165, 1.54) is 0 Å². The summed E-state index contributed by atoms with van der Waals surface area (Å²) in [7, 11) is 0. The first kappa shape index (κ1) is 11.9. The number of aromatic nitrogens is 2. The minimum atomic E-state index is 0.000816. The number of fused-ring (bicyclic) bond motifs is 3. The van der Waals surface area contributed by atoms with Crippen LogP contribution in [0.15, 0.2) is 72.9 Å². The van der Waals surface area contributed by atoms with Crippen LogP contribution in [0.2, 0.25) is 0 Å². The van der Waals surface area contributed by atoms with Crippen LogP contribution in [0.25, 0.3) is 16.4 Å². The summed E-state index contributed by atoms with van der Waals surface area (Å²) in [4.78, 5) is 12.6. The zero-order valence-corrected chi connectivity index (χ0v) is 11.2. The molecule has 4 aromatic rings. The second kappa shape index (κ2) is 4.56. The van der Waals surface area contributed by atoms with Gasteiger partial charge in [-0.2, -0.15) is 5.10 Å². The van der Waals surface area contributed by atoms with Crippen LogP contribution >= 0.6 is 0 Å². The molecule has 0 fully saturated rings. The first-order valence-electron chi connectivity index (χ1n) is 6.80. The summed E-state index contributed by atoms with van der Waals surface area (Å²) in [5.41, 5.74) is 3.15. The first-order valence-corrected chi connectivity index (χ1v) is 6.80. The summed E-state index contributed by atoms with van der Waals surface area (Å²) in [6.07, 6.45) is 1.65. The second-order valence-electron chi connectivity index (χ2n) is 4.94. The Balaban J connectivity index is 1.95. The summed E-state index contributed by atoms with van der Waals surface area (Å²) < 4.78 is 1.82. The molecule has 3 heteroatoms. The van der Waals surface area contributed by atoms with Gasteiger partial charge in [-0.05, 0) is 12.1 Å². The number of hydrogen-bond donors (Lipinski definition) is 0. The number of carbonyl (C=O) groups excluding carboxylic acids is 1. The number of benzene rings is 2. The summed E-state index contributed by atoms with van der Waals surface area (Å²) in [5.74, 6) is 0.000816. The van der Waals surface area contributed by atoms with Crippen molar-refractivity contribution in [2.24, 2.45) is 0 Å². The van der Waals surface area contributed by atoms with Gasteiger partial charge in [0.25, 0.3) is 0 Å². The van der Waals surface area contributed by atoms with Gasteiger partial charge in [0.05, 0.1) is 22.8 Å². The van der Waals surface area contributed by atoms with E-state index in [1.54, 1.807) is 6.20 Å². The number of carbonyl (C=O) groups is 1. The van der Waals surface area contributed by atoms with Crippen molar-refractivity contribution < 1.29 is 4.79 Å². The second-order valence-corrected chi connectivity index (χ2v) is 4.94. The largest absolute Gasteiger partial charge is 0.288 e. The maximum absolute atomic E-state index is 12.6. The lowest BCUT2D eigenvalue weighted by atomic mass is 10.0. The smallest absolute Gasteiger partial charge is 0.196 e. The van der Waals surface area contributed by atoms with Crippen molar-refractivity contribution in [1.82, 2.24) is 9.61 Å². The van der Waals surface area contributed by atoms with Crippen molar-refractivity contribution in [2.45, 2.75) is 0 Å². The highest BCUT2D eigenvalue weighted by Gasteiger charge is 2.15. The highest BCUT2D eigenvalue weighted by atomic mass is 16.1. The number of nitrogens with zero attached hydrogens (tertiary/aromatic N) is 2. The molecule has 0 amide bonds. The van der Waals surface area contributed by atoms with Crippen LogP contribution < -0.4 is 0 Å². The van der Waals surface area contributed by atoms with Crippen molar-refractivity contribution in [3.63, 3.8) is 0 Å². The van der Waals surface area contributed by atoms with E-state index >= 15 is 0 Å². The first-order chi connectivity index (χ1) is 10.3. The predicted molar refractivity (Wildman–Crippen MR) is 82.6 cm³/mol. The van der Waals surface area contributed by atoms with Gasteiger partial charge in [-0.3, -0.25) is 4.79 Å². The highest BCUT2D eigenvalue weighted by Crippen LogP contribution is 2.21. The molecule has 0 spiro atoms. The fourth-order valence-corrected chi connectivity index (χ4v) is 2.62. The minimum Gasteiger partial charge on any atom is -0.288 e. The molecule has 2 aromatic carbocycles. The molecule has 2 heterocycles. The van der Waals surface area contributed by atoms with Gasteiger partial charge in [0, 0.05) is 10.9 Å². The van der Waals surface area contributed by atoms with Gasteiger partial charge >= 0.3 is 0 Å². The molecular weight excluding hydrogens is 260 g/mol. The number of rotatable bonds is 2. The van der Waals surface area contributed by atoms with Gasteiger partial charge in [0.15, 0.2) is 5.78 Å². The Kier molecular flexibility index (Phi) is 2.57. The van der Waals surface area contributed by atoms with E-state index in [9.17, 15) is 4.79 Å². The zero-order valence-electron chi connectivity index (χ0n) is 11.2. The third-order valence-corrected chi connectivity index (χ3v) is 3.67. The number of hydrogen-bond acceptors (Lipinski definition) is 2. The lowest BCUT2D eigenvalue weighted by Gasteiger charge is -2.02. The van der Waals surface area contributed by atoms with E-state index in [0.717, 1.165) is 16.4 Å². The Morgan fingerprint density at radius 1 is 0.810 bits per heavy atom. The summed E-state index contributed by atoms with van der Waals surface area (Å²) in [6.45, 7) is 0. The van der Waals surface area contributed by atoms with Crippen molar-refractivity contribution in [3.05, 3.63) is 84.1 Å². The van der Waals surface area contributed by atoms with E-state index in [2.05, 4.69) is 5.10 Å². The molecule has 4 rings (SSSR count). The zero-order chi connectivity index (χ0) is 14.2. The van der Waals surface area contributed by atoms with E-state index in [0.29, 0.717) is 11.1 Å². The highest BCUT2D eigenvalue weighted by molar-refractivity contribution is 6.13.